The summed E-state index contributed by atoms with van der Waals surface area (Å²) in [5.41, 5.74) is 0.196. The summed E-state index contributed by atoms with van der Waals surface area (Å²) < 4.78 is 0. The van der Waals surface area contributed by atoms with Gasteiger partial charge in [0.25, 0.3) is 5.56 Å². The molecule has 0 amide bonds. The molecule has 4 heteroatoms. The third-order valence-corrected chi connectivity index (χ3v) is 2.80. The molecule has 0 aliphatic rings. The predicted molar refractivity (Wildman–Crippen MR) is 66.1 cm³/mol. The van der Waals surface area contributed by atoms with Crippen molar-refractivity contribution in [3.63, 3.8) is 0 Å². The minimum Gasteiger partial charge on any atom is -0.503 e. The number of hydrogen-bond acceptors (Lipinski definition) is 3. The first kappa shape index (κ1) is 13.5. The zero-order chi connectivity index (χ0) is 12.7. The molecule has 94 valence electrons. The average molecular weight is 237 g/mol. The van der Waals surface area contributed by atoms with Crippen molar-refractivity contribution in [2.24, 2.45) is 5.92 Å². The lowest BCUT2D eigenvalue weighted by Crippen LogP contribution is -2.13. The van der Waals surface area contributed by atoms with Gasteiger partial charge >= 0.3 is 0 Å². The van der Waals surface area contributed by atoms with Gasteiger partial charge in [-0.1, -0.05) is 26.2 Å². The number of rotatable bonds is 7. The van der Waals surface area contributed by atoms with E-state index in [9.17, 15) is 9.59 Å². The molecule has 1 heterocycles. The van der Waals surface area contributed by atoms with E-state index in [4.69, 9.17) is 5.11 Å². The SMILES string of the molecule is CCCCCC(C=O)Cc1ccc(O)c(=O)[nH]1. The smallest absolute Gasteiger partial charge is 0.290 e. The number of carbonyl (C=O) groups excluding carboxylic acids is 1. The Morgan fingerprint density at radius 3 is 2.76 bits per heavy atom. The summed E-state index contributed by atoms with van der Waals surface area (Å²) in [6.07, 6.45) is 5.60. The van der Waals surface area contributed by atoms with Crippen LogP contribution in [0.2, 0.25) is 0 Å². The Labute approximate surface area is 101 Å². The zero-order valence-corrected chi connectivity index (χ0v) is 10.1. The van der Waals surface area contributed by atoms with E-state index in [1.54, 1.807) is 6.07 Å². The lowest BCUT2D eigenvalue weighted by molar-refractivity contribution is -0.111. The van der Waals surface area contributed by atoms with Gasteiger partial charge in [0, 0.05) is 11.6 Å². The summed E-state index contributed by atoms with van der Waals surface area (Å²) in [6, 6.07) is 3.01. The van der Waals surface area contributed by atoms with Crippen molar-refractivity contribution in [2.75, 3.05) is 0 Å². The number of hydrogen-bond donors (Lipinski definition) is 2. The number of pyridine rings is 1. The molecule has 1 atom stereocenters. The van der Waals surface area contributed by atoms with Crippen LogP contribution < -0.4 is 5.56 Å². The first-order chi connectivity index (χ1) is 8.17. The number of aromatic amines is 1. The van der Waals surface area contributed by atoms with Crippen molar-refractivity contribution in [3.8, 4) is 5.75 Å². The highest BCUT2D eigenvalue weighted by atomic mass is 16.3. The molecule has 0 saturated heterocycles. The normalized spacial score (nSPS) is 12.3. The fraction of sp³-hybridized carbons (Fsp3) is 0.538. The van der Waals surface area contributed by atoms with Gasteiger partial charge in [-0.2, -0.15) is 0 Å². The van der Waals surface area contributed by atoms with Crippen molar-refractivity contribution in [3.05, 3.63) is 28.2 Å². The highest BCUT2D eigenvalue weighted by Crippen LogP contribution is 2.13. The number of carbonyl (C=O) groups is 1. The summed E-state index contributed by atoms with van der Waals surface area (Å²) in [5, 5.41) is 9.10. The van der Waals surface area contributed by atoms with Crippen molar-refractivity contribution in [1.82, 2.24) is 4.98 Å². The number of aldehydes is 1. The van der Waals surface area contributed by atoms with Gasteiger partial charge in [-0.3, -0.25) is 4.79 Å². The van der Waals surface area contributed by atoms with E-state index in [0.717, 1.165) is 32.0 Å². The molecule has 0 fully saturated rings. The average Bonchev–Trinajstić information content (AvgIpc) is 2.32. The fourth-order valence-electron chi connectivity index (χ4n) is 1.78. The maximum atomic E-state index is 11.2. The maximum absolute atomic E-state index is 11.2. The van der Waals surface area contributed by atoms with Crippen molar-refractivity contribution in [2.45, 2.75) is 39.0 Å². The van der Waals surface area contributed by atoms with Gasteiger partial charge in [0.15, 0.2) is 5.75 Å². The molecule has 0 aliphatic heterocycles. The van der Waals surface area contributed by atoms with Gasteiger partial charge in [-0.25, -0.2) is 0 Å². The molecule has 0 saturated carbocycles. The van der Waals surface area contributed by atoms with Crippen LogP contribution >= 0.6 is 0 Å². The van der Waals surface area contributed by atoms with E-state index in [1.807, 2.05) is 0 Å². The van der Waals surface area contributed by atoms with Gasteiger partial charge in [-0.15, -0.1) is 0 Å². The molecule has 4 nitrogen and oxygen atoms in total. The van der Waals surface area contributed by atoms with Gasteiger partial charge in [0.2, 0.25) is 0 Å². The molecular weight excluding hydrogens is 218 g/mol. The number of aromatic nitrogens is 1. The van der Waals surface area contributed by atoms with Gasteiger partial charge in [0.05, 0.1) is 0 Å². The molecule has 1 unspecified atom stereocenters. The molecule has 1 aromatic heterocycles. The molecule has 2 N–H and O–H groups in total. The molecule has 0 aliphatic carbocycles. The molecule has 1 rings (SSSR count). The topological polar surface area (TPSA) is 70.2 Å². The highest BCUT2D eigenvalue weighted by Gasteiger charge is 2.09. The minimum absolute atomic E-state index is 0.0539. The van der Waals surface area contributed by atoms with Crippen molar-refractivity contribution < 1.29 is 9.90 Å². The Morgan fingerprint density at radius 2 is 2.18 bits per heavy atom. The van der Waals surface area contributed by atoms with E-state index < -0.39 is 5.56 Å². The predicted octanol–water partition coefficient (Wildman–Crippen LogP) is 2.02. The second kappa shape index (κ2) is 6.89. The van der Waals surface area contributed by atoms with Gasteiger partial charge < -0.3 is 14.9 Å². The maximum Gasteiger partial charge on any atom is 0.290 e. The van der Waals surface area contributed by atoms with E-state index in [1.165, 1.54) is 6.07 Å². The summed E-state index contributed by atoms with van der Waals surface area (Å²) in [7, 11) is 0. The van der Waals surface area contributed by atoms with E-state index >= 15 is 0 Å². The number of unbranched alkanes of at least 4 members (excludes halogenated alkanes) is 2. The standard InChI is InChI=1S/C13H19NO3/c1-2-3-4-5-10(9-15)8-11-6-7-12(16)13(17)14-11/h6-7,9-10,16H,2-5,8H2,1H3,(H,14,17). The van der Waals surface area contributed by atoms with Crippen LogP contribution in [-0.2, 0) is 11.2 Å². The molecule has 0 spiro atoms. The lowest BCUT2D eigenvalue weighted by Gasteiger charge is -2.09. The van der Waals surface area contributed by atoms with Gasteiger partial charge in [-0.05, 0) is 25.0 Å². The van der Waals surface area contributed by atoms with Crippen LogP contribution in [0, 0.1) is 5.92 Å². The Kier molecular flexibility index (Phi) is 5.46. The van der Waals surface area contributed by atoms with Crippen LogP contribution in [-0.4, -0.2) is 16.4 Å². The quantitative estimate of drug-likeness (QED) is 0.563. The summed E-state index contributed by atoms with van der Waals surface area (Å²) >= 11 is 0. The molecule has 17 heavy (non-hydrogen) atoms. The van der Waals surface area contributed by atoms with E-state index in [2.05, 4.69) is 11.9 Å². The third kappa shape index (κ3) is 4.43. The second-order valence-electron chi connectivity index (χ2n) is 4.29. The monoisotopic (exact) mass is 237 g/mol. The Morgan fingerprint density at radius 1 is 1.41 bits per heavy atom. The second-order valence-corrected chi connectivity index (χ2v) is 4.29. The van der Waals surface area contributed by atoms with E-state index in [-0.39, 0.29) is 11.7 Å². The number of aromatic hydroxyl groups is 1. The lowest BCUT2D eigenvalue weighted by atomic mass is 9.97. The van der Waals surface area contributed by atoms with Crippen LogP contribution in [0.3, 0.4) is 0 Å². The highest BCUT2D eigenvalue weighted by molar-refractivity contribution is 5.54. The zero-order valence-electron chi connectivity index (χ0n) is 10.1. The third-order valence-electron chi connectivity index (χ3n) is 2.80. The minimum atomic E-state index is -0.499. The first-order valence-corrected chi connectivity index (χ1v) is 6.03. The van der Waals surface area contributed by atoms with Crippen LogP contribution in [0.25, 0.3) is 0 Å². The van der Waals surface area contributed by atoms with Crippen molar-refractivity contribution in [1.29, 1.82) is 0 Å². The molecule has 0 aromatic carbocycles. The summed E-state index contributed by atoms with van der Waals surface area (Å²) in [4.78, 5) is 24.7. The summed E-state index contributed by atoms with van der Waals surface area (Å²) in [5.74, 6) is -0.343. The van der Waals surface area contributed by atoms with Crippen LogP contribution in [0.1, 0.15) is 38.3 Å². The largest absolute Gasteiger partial charge is 0.503 e. The summed E-state index contributed by atoms with van der Waals surface area (Å²) in [6.45, 7) is 2.12. The van der Waals surface area contributed by atoms with Crippen molar-refractivity contribution >= 4 is 6.29 Å². The van der Waals surface area contributed by atoms with E-state index in [0.29, 0.717) is 12.1 Å². The Hall–Kier alpha value is -1.58. The molecule has 0 radical (unpaired) electrons. The number of H-pyrrole nitrogens is 1. The molecular formula is C13H19NO3. The Balaban J connectivity index is 2.57. The Bertz CT molecular complexity index is 411. The van der Waals surface area contributed by atoms with Gasteiger partial charge in [0.1, 0.15) is 6.29 Å². The number of nitrogens with one attached hydrogen (secondary N) is 1. The fourth-order valence-corrected chi connectivity index (χ4v) is 1.78. The van der Waals surface area contributed by atoms with Crippen LogP contribution in [0.5, 0.6) is 5.75 Å². The first-order valence-electron chi connectivity index (χ1n) is 6.03. The van der Waals surface area contributed by atoms with Crippen LogP contribution in [0.15, 0.2) is 16.9 Å². The molecule has 0 bridgehead atoms. The molecule has 1 aromatic rings. The van der Waals surface area contributed by atoms with Crippen LogP contribution in [0.4, 0.5) is 0 Å².